The van der Waals surface area contributed by atoms with Gasteiger partial charge in [-0.05, 0) is 12.1 Å². The maximum atomic E-state index is 4.98. The van der Waals surface area contributed by atoms with E-state index in [1.165, 1.54) is 11.3 Å². The summed E-state index contributed by atoms with van der Waals surface area (Å²) < 4.78 is 5.91. The average Bonchev–Trinajstić information content (AvgIpc) is 2.47. The predicted molar refractivity (Wildman–Crippen MR) is 49.1 cm³/mol. The van der Waals surface area contributed by atoms with E-state index in [2.05, 4.69) is 11.1 Å². The topological polar surface area (TPSA) is 22.1 Å². The highest BCUT2D eigenvalue weighted by atomic mass is 32.1. The molecule has 1 aromatic carbocycles. The minimum atomic E-state index is 0.527. The highest BCUT2D eigenvalue weighted by molar-refractivity contribution is 7.20. The van der Waals surface area contributed by atoms with Crippen molar-refractivity contribution in [1.82, 2.24) is 4.98 Å². The van der Waals surface area contributed by atoms with Gasteiger partial charge in [0.2, 0.25) is 0 Å². The van der Waals surface area contributed by atoms with Gasteiger partial charge in [-0.1, -0.05) is 29.9 Å². The first-order chi connectivity index (χ1) is 5.90. The van der Waals surface area contributed by atoms with Crippen LogP contribution in [0.3, 0.4) is 0 Å². The van der Waals surface area contributed by atoms with Crippen LogP contribution in [0.5, 0.6) is 5.19 Å². The second-order valence-corrected chi connectivity index (χ2v) is 3.16. The summed E-state index contributed by atoms with van der Waals surface area (Å²) in [6, 6.07) is 7.80. The summed E-state index contributed by atoms with van der Waals surface area (Å²) in [5, 5.41) is 0.527. The quantitative estimate of drug-likeness (QED) is 0.620. The Kier molecular flexibility index (Phi) is 1.69. The first-order valence-corrected chi connectivity index (χ1v) is 4.20. The van der Waals surface area contributed by atoms with Crippen molar-refractivity contribution in [2.75, 3.05) is 0 Å². The number of thiazole rings is 1. The Morgan fingerprint density at radius 1 is 1.42 bits per heavy atom. The van der Waals surface area contributed by atoms with Gasteiger partial charge >= 0.3 is 0 Å². The van der Waals surface area contributed by atoms with Crippen molar-refractivity contribution in [1.29, 1.82) is 0 Å². The van der Waals surface area contributed by atoms with Gasteiger partial charge in [0.05, 0.1) is 10.2 Å². The molecule has 0 bridgehead atoms. The Morgan fingerprint density at radius 2 is 2.25 bits per heavy atom. The van der Waals surface area contributed by atoms with Crippen LogP contribution >= 0.6 is 11.3 Å². The minimum absolute atomic E-state index is 0.527. The number of benzene rings is 1. The molecule has 0 radical (unpaired) electrons. The van der Waals surface area contributed by atoms with Gasteiger partial charge in [0.25, 0.3) is 5.19 Å². The van der Waals surface area contributed by atoms with Gasteiger partial charge in [0, 0.05) is 0 Å². The molecule has 0 fully saturated rings. The lowest BCUT2D eigenvalue weighted by Crippen LogP contribution is -1.77. The molecule has 2 aromatic rings. The molecule has 1 aromatic heterocycles. The van der Waals surface area contributed by atoms with Crippen molar-refractivity contribution in [3.63, 3.8) is 0 Å². The number of rotatable bonds is 1. The fraction of sp³-hybridized carbons (Fsp3) is 0. The predicted octanol–water partition coefficient (Wildman–Crippen LogP) is 2.27. The minimum Gasteiger partial charge on any atom is -0.378 e. The zero-order valence-electron chi connectivity index (χ0n) is 6.15. The highest BCUT2D eigenvalue weighted by Gasteiger charge is 2.01. The van der Waals surface area contributed by atoms with E-state index in [1.807, 2.05) is 24.3 Å². The maximum Gasteiger partial charge on any atom is 0.289 e. The SMILES string of the molecule is C#COc1nc2ccccc2s1. The molecule has 1 heterocycles. The second kappa shape index (κ2) is 2.84. The van der Waals surface area contributed by atoms with E-state index < -0.39 is 0 Å². The number of aromatic nitrogens is 1. The van der Waals surface area contributed by atoms with E-state index in [9.17, 15) is 0 Å². The Labute approximate surface area is 73.8 Å². The molecule has 0 saturated carbocycles. The summed E-state index contributed by atoms with van der Waals surface area (Å²) in [6.07, 6.45) is 7.07. The number of ether oxygens (including phenoxy) is 1. The first-order valence-electron chi connectivity index (χ1n) is 3.38. The van der Waals surface area contributed by atoms with Gasteiger partial charge in [-0.2, -0.15) is 0 Å². The molecule has 12 heavy (non-hydrogen) atoms. The number of hydrogen-bond donors (Lipinski definition) is 0. The zero-order valence-corrected chi connectivity index (χ0v) is 6.97. The third-order valence-electron chi connectivity index (χ3n) is 1.42. The fourth-order valence-electron chi connectivity index (χ4n) is 0.945. The molecule has 0 aliphatic carbocycles. The normalized spacial score (nSPS) is 9.58. The molecule has 0 N–H and O–H groups in total. The molecule has 0 unspecified atom stereocenters. The lowest BCUT2D eigenvalue weighted by Gasteiger charge is -1.82. The van der Waals surface area contributed by atoms with Crippen LogP contribution in [0.2, 0.25) is 0 Å². The van der Waals surface area contributed by atoms with E-state index >= 15 is 0 Å². The number of fused-ring (bicyclic) bond motifs is 1. The molecule has 2 rings (SSSR count). The summed E-state index contributed by atoms with van der Waals surface area (Å²) >= 11 is 1.45. The van der Waals surface area contributed by atoms with E-state index in [4.69, 9.17) is 11.2 Å². The van der Waals surface area contributed by atoms with Gasteiger partial charge in [-0.3, -0.25) is 0 Å². The lowest BCUT2D eigenvalue weighted by atomic mass is 10.3. The smallest absolute Gasteiger partial charge is 0.289 e. The van der Waals surface area contributed by atoms with Crippen molar-refractivity contribution in [3.05, 3.63) is 24.3 Å². The molecule has 0 saturated heterocycles. The van der Waals surface area contributed by atoms with Crippen LogP contribution in [-0.2, 0) is 0 Å². The van der Waals surface area contributed by atoms with Crippen LogP contribution in [0.15, 0.2) is 24.3 Å². The molecule has 0 atom stereocenters. The molecular formula is C9H5NOS. The Hall–Kier alpha value is -1.53. The molecule has 58 valence electrons. The number of nitrogens with zero attached hydrogens (tertiary/aromatic N) is 1. The Bertz CT molecular complexity index is 408. The van der Waals surface area contributed by atoms with E-state index in [0.29, 0.717) is 5.19 Å². The van der Waals surface area contributed by atoms with Crippen molar-refractivity contribution in [2.24, 2.45) is 0 Å². The fourth-order valence-corrected chi connectivity index (χ4v) is 1.73. The lowest BCUT2D eigenvalue weighted by molar-refractivity contribution is 0.518. The Balaban J connectivity index is 2.56. The van der Waals surface area contributed by atoms with Crippen molar-refractivity contribution in [3.8, 4) is 17.7 Å². The van der Waals surface area contributed by atoms with Crippen LogP contribution in [-0.4, -0.2) is 4.98 Å². The van der Waals surface area contributed by atoms with Crippen LogP contribution in [0.25, 0.3) is 10.2 Å². The maximum absolute atomic E-state index is 4.98. The van der Waals surface area contributed by atoms with Gasteiger partial charge in [-0.25, -0.2) is 4.98 Å². The van der Waals surface area contributed by atoms with E-state index in [1.54, 1.807) is 0 Å². The van der Waals surface area contributed by atoms with Gasteiger partial charge in [0.15, 0.2) is 0 Å². The summed E-state index contributed by atoms with van der Waals surface area (Å²) in [5.41, 5.74) is 0.924. The monoisotopic (exact) mass is 175 g/mol. The third-order valence-corrected chi connectivity index (χ3v) is 2.33. The summed E-state index contributed by atoms with van der Waals surface area (Å²) in [7, 11) is 0. The van der Waals surface area contributed by atoms with Gasteiger partial charge in [-0.15, -0.1) is 0 Å². The number of terminal acetylenes is 1. The number of para-hydroxylation sites is 1. The summed E-state index contributed by atoms with van der Waals surface area (Å²) in [4.78, 5) is 4.16. The number of hydrogen-bond acceptors (Lipinski definition) is 3. The molecular weight excluding hydrogens is 170 g/mol. The third kappa shape index (κ3) is 1.13. The van der Waals surface area contributed by atoms with E-state index in [-0.39, 0.29) is 0 Å². The standard InChI is InChI=1S/C9H5NOS/c1-2-11-9-10-7-5-3-4-6-8(7)12-9/h1,3-6H. The second-order valence-electron chi connectivity index (χ2n) is 2.17. The van der Waals surface area contributed by atoms with Gasteiger partial charge in [0.1, 0.15) is 6.11 Å². The molecule has 0 spiro atoms. The van der Waals surface area contributed by atoms with Crippen LogP contribution in [0, 0.1) is 12.5 Å². The van der Waals surface area contributed by atoms with Crippen molar-refractivity contribution in [2.45, 2.75) is 0 Å². The summed E-state index contributed by atoms with van der Waals surface area (Å²) in [6.45, 7) is 0. The summed E-state index contributed by atoms with van der Waals surface area (Å²) in [5.74, 6) is 0. The molecule has 3 heteroatoms. The Morgan fingerprint density at radius 3 is 3.00 bits per heavy atom. The molecule has 0 aliphatic rings. The molecule has 2 nitrogen and oxygen atoms in total. The van der Waals surface area contributed by atoms with E-state index in [0.717, 1.165) is 10.2 Å². The van der Waals surface area contributed by atoms with Gasteiger partial charge < -0.3 is 4.74 Å². The van der Waals surface area contributed by atoms with Crippen LogP contribution < -0.4 is 4.74 Å². The molecule has 0 amide bonds. The first kappa shape index (κ1) is 7.14. The largest absolute Gasteiger partial charge is 0.378 e. The van der Waals surface area contributed by atoms with Crippen LogP contribution in [0.4, 0.5) is 0 Å². The van der Waals surface area contributed by atoms with Crippen molar-refractivity contribution < 1.29 is 4.74 Å². The van der Waals surface area contributed by atoms with Crippen LogP contribution in [0.1, 0.15) is 0 Å². The van der Waals surface area contributed by atoms with Crippen molar-refractivity contribution >= 4 is 21.6 Å². The molecule has 0 aliphatic heterocycles. The zero-order chi connectivity index (χ0) is 8.39. The highest BCUT2D eigenvalue weighted by Crippen LogP contribution is 2.26. The average molecular weight is 175 g/mol.